The zero-order valence-corrected chi connectivity index (χ0v) is 17.2. The summed E-state index contributed by atoms with van der Waals surface area (Å²) in [7, 11) is 1.93. The molecule has 1 aliphatic heterocycles. The Morgan fingerprint density at radius 3 is 2.90 bits per heavy atom. The fraction of sp³-hybridized carbons (Fsp3) is 0.261. The number of amides is 1. The van der Waals surface area contributed by atoms with Gasteiger partial charge in [0.2, 0.25) is 0 Å². The van der Waals surface area contributed by atoms with Crippen molar-refractivity contribution in [3.8, 4) is 6.07 Å². The number of carbonyl (C=O) groups excluding carboxylic acids is 1. The number of hydrogen-bond donors (Lipinski definition) is 1. The highest BCUT2D eigenvalue weighted by Gasteiger charge is 2.17. The van der Waals surface area contributed by atoms with Gasteiger partial charge in [-0.15, -0.1) is 0 Å². The number of nitriles is 1. The molecule has 2 heterocycles. The fourth-order valence-electron chi connectivity index (χ4n) is 3.62. The SMILES string of the molecule is CN(CCC#N)c1ccc(/C=N\NC(=O)c2ccc3c(=O)n4c(nc3c2)CCC4)cc1. The molecule has 31 heavy (non-hydrogen) atoms. The predicted molar refractivity (Wildman–Crippen MR) is 119 cm³/mol. The first-order valence-corrected chi connectivity index (χ1v) is 10.1. The first kappa shape index (κ1) is 20.3. The third kappa shape index (κ3) is 4.31. The van der Waals surface area contributed by atoms with Gasteiger partial charge in [0.1, 0.15) is 5.82 Å². The molecule has 0 radical (unpaired) electrons. The van der Waals surface area contributed by atoms with Crippen LogP contribution in [0.5, 0.6) is 0 Å². The molecule has 4 rings (SSSR count). The molecule has 0 atom stereocenters. The average Bonchev–Trinajstić information content (AvgIpc) is 3.26. The van der Waals surface area contributed by atoms with Crippen LogP contribution in [-0.2, 0) is 13.0 Å². The third-order valence-electron chi connectivity index (χ3n) is 5.35. The monoisotopic (exact) mass is 414 g/mol. The Labute approximate surface area is 179 Å². The lowest BCUT2D eigenvalue weighted by atomic mass is 10.1. The zero-order chi connectivity index (χ0) is 21.8. The largest absolute Gasteiger partial charge is 0.374 e. The normalized spacial score (nSPS) is 12.6. The molecule has 3 aromatic rings. The van der Waals surface area contributed by atoms with Crippen LogP contribution in [0.4, 0.5) is 5.69 Å². The second-order valence-corrected chi connectivity index (χ2v) is 7.44. The van der Waals surface area contributed by atoms with Crippen LogP contribution < -0.4 is 15.9 Å². The van der Waals surface area contributed by atoms with Crippen molar-refractivity contribution in [2.75, 3.05) is 18.5 Å². The Morgan fingerprint density at radius 1 is 1.32 bits per heavy atom. The zero-order valence-electron chi connectivity index (χ0n) is 17.2. The summed E-state index contributed by atoms with van der Waals surface area (Å²) in [5.41, 5.74) is 5.23. The van der Waals surface area contributed by atoms with E-state index in [2.05, 4.69) is 21.6 Å². The number of nitrogens with one attached hydrogen (secondary N) is 1. The number of benzene rings is 2. The molecule has 1 aliphatic rings. The van der Waals surface area contributed by atoms with Crippen LogP contribution in [0.2, 0.25) is 0 Å². The smallest absolute Gasteiger partial charge is 0.271 e. The molecule has 156 valence electrons. The van der Waals surface area contributed by atoms with E-state index in [1.165, 1.54) is 0 Å². The van der Waals surface area contributed by atoms with Crippen molar-refractivity contribution in [3.05, 3.63) is 69.8 Å². The van der Waals surface area contributed by atoms with Crippen molar-refractivity contribution in [1.29, 1.82) is 5.26 Å². The van der Waals surface area contributed by atoms with E-state index < -0.39 is 0 Å². The Balaban J connectivity index is 1.43. The van der Waals surface area contributed by atoms with Gasteiger partial charge in [-0.1, -0.05) is 12.1 Å². The number of anilines is 1. The predicted octanol–water partition coefficient (Wildman–Crippen LogP) is 2.46. The molecule has 0 fully saturated rings. The highest BCUT2D eigenvalue weighted by molar-refractivity contribution is 5.98. The molecule has 0 saturated carbocycles. The molecule has 8 heteroatoms. The molecule has 1 N–H and O–H groups in total. The van der Waals surface area contributed by atoms with Crippen LogP contribution in [-0.4, -0.2) is 35.3 Å². The van der Waals surface area contributed by atoms with Gasteiger partial charge < -0.3 is 4.90 Å². The molecule has 0 saturated heterocycles. The van der Waals surface area contributed by atoms with Gasteiger partial charge >= 0.3 is 0 Å². The second kappa shape index (κ2) is 8.79. The maximum atomic E-state index is 12.5. The third-order valence-corrected chi connectivity index (χ3v) is 5.35. The summed E-state index contributed by atoms with van der Waals surface area (Å²) in [5, 5.41) is 13.2. The Bertz CT molecular complexity index is 1250. The number of carbonyl (C=O) groups is 1. The van der Waals surface area contributed by atoms with E-state index in [-0.39, 0.29) is 11.5 Å². The van der Waals surface area contributed by atoms with Crippen molar-refractivity contribution in [2.45, 2.75) is 25.8 Å². The fourth-order valence-corrected chi connectivity index (χ4v) is 3.62. The van der Waals surface area contributed by atoms with E-state index in [9.17, 15) is 9.59 Å². The van der Waals surface area contributed by atoms with Crippen LogP contribution in [0.1, 0.15) is 34.6 Å². The molecular weight excluding hydrogens is 392 g/mol. The number of rotatable bonds is 6. The van der Waals surface area contributed by atoms with Gasteiger partial charge in [0.15, 0.2) is 0 Å². The van der Waals surface area contributed by atoms with Gasteiger partial charge in [-0.2, -0.15) is 10.4 Å². The molecular formula is C23H22N6O2. The molecule has 2 aromatic carbocycles. The van der Waals surface area contributed by atoms with Crippen LogP contribution in [0.3, 0.4) is 0 Å². The number of aryl methyl sites for hydroxylation is 1. The van der Waals surface area contributed by atoms with Crippen LogP contribution in [0, 0.1) is 11.3 Å². The van der Waals surface area contributed by atoms with E-state index >= 15 is 0 Å². The summed E-state index contributed by atoms with van der Waals surface area (Å²) >= 11 is 0. The van der Waals surface area contributed by atoms with Crippen molar-refractivity contribution < 1.29 is 4.79 Å². The highest BCUT2D eigenvalue weighted by Crippen LogP contribution is 2.16. The molecule has 0 spiro atoms. The van der Waals surface area contributed by atoms with Crippen molar-refractivity contribution in [3.63, 3.8) is 0 Å². The molecule has 0 bridgehead atoms. The van der Waals surface area contributed by atoms with E-state index in [4.69, 9.17) is 5.26 Å². The van der Waals surface area contributed by atoms with E-state index in [1.807, 2.05) is 36.2 Å². The summed E-state index contributed by atoms with van der Waals surface area (Å²) in [6, 6.07) is 14.7. The minimum atomic E-state index is -0.367. The standard InChI is InChI=1S/C23H22N6O2/c1-28(12-3-11-24)18-8-5-16(6-9-18)15-25-27-22(30)17-7-10-19-20(14-17)26-21-4-2-13-29(21)23(19)31/h5-10,14-15H,2-4,12-13H2,1H3,(H,27,30)/b25-15-. The summed E-state index contributed by atoms with van der Waals surface area (Å²) < 4.78 is 1.71. The molecule has 1 aromatic heterocycles. The Hall–Kier alpha value is -3.99. The molecule has 0 unspecified atom stereocenters. The van der Waals surface area contributed by atoms with Gasteiger partial charge in [0, 0.05) is 37.8 Å². The van der Waals surface area contributed by atoms with Crippen LogP contribution in [0.25, 0.3) is 10.9 Å². The first-order chi connectivity index (χ1) is 15.1. The Morgan fingerprint density at radius 2 is 2.13 bits per heavy atom. The molecule has 0 aliphatic carbocycles. The first-order valence-electron chi connectivity index (χ1n) is 10.1. The minimum absolute atomic E-state index is 0.0517. The number of hydrazone groups is 1. The maximum Gasteiger partial charge on any atom is 0.271 e. The second-order valence-electron chi connectivity index (χ2n) is 7.44. The van der Waals surface area contributed by atoms with Crippen LogP contribution >= 0.6 is 0 Å². The van der Waals surface area contributed by atoms with Gasteiger partial charge in [0.05, 0.1) is 29.6 Å². The lowest BCUT2D eigenvalue weighted by Gasteiger charge is -2.17. The average molecular weight is 414 g/mol. The summed E-state index contributed by atoms with van der Waals surface area (Å²) in [4.78, 5) is 31.6. The topological polar surface area (TPSA) is 103 Å². The number of hydrogen-bond acceptors (Lipinski definition) is 6. The lowest BCUT2D eigenvalue weighted by molar-refractivity contribution is 0.0955. The molecule has 1 amide bonds. The van der Waals surface area contributed by atoms with E-state index in [0.29, 0.717) is 36.0 Å². The molecule has 8 nitrogen and oxygen atoms in total. The maximum absolute atomic E-state index is 12.5. The highest BCUT2D eigenvalue weighted by atomic mass is 16.2. The number of aromatic nitrogens is 2. The van der Waals surface area contributed by atoms with Crippen LogP contribution in [0.15, 0.2) is 52.4 Å². The Kier molecular flexibility index (Phi) is 5.76. The van der Waals surface area contributed by atoms with Crippen molar-refractivity contribution in [1.82, 2.24) is 15.0 Å². The number of fused-ring (bicyclic) bond motifs is 2. The number of nitrogens with zero attached hydrogens (tertiary/aromatic N) is 5. The minimum Gasteiger partial charge on any atom is -0.374 e. The van der Waals surface area contributed by atoms with Gasteiger partial charge in [-0.05, 0) is 42.3 Å². The quantitative estimate of drug-likeness (QED) is 0.493. The van der Waals surface area contributed by atoms with Gasteiger partial charge in [-0.3, -0.25) is 14.2 Å². The van der Waals surface area contributed by atoms with Gasteiger partial charge in [-0.25, -0.2) is 10.4 Å². The van der Waals surface area contributed by atoms with Crippen molar-refractivity contribution >= 4 is 28.7 Å². The summed E-state index contributed by atoms with van der Waals surface area (Å²) in [6.07, 6.45) is 3.72. The van der Waals surface area contributed by atoms with E-state index in [1.54, 1.807) is 29.0 Å². The van der Waals surface area contributed by atoms with E-state index in [0.717, 1.165) is 29.9 Å². The summed E-state index contributed by atoms with van der Waals surface area (Å²) in [5.74, 6) is 0.406. The van der Waals surface area contributed by atoms with Crippen molar-refractivity contribution in [2.24, 2.45) is 5.10 Å². The lowest BCUT2D eigenvalue weighted by Crippen LogP contribution is -2.22. The van der Waals surface area contributed by atoms with Gasteiger partial charge in [0.25, 0.3) is 11.5 Å². The summed E-state index contributed by atoms with van der Waals surface area (Å²) in [6.45, 7) is 1.36.